The second kappa shape index (κ2) is 21.1. The molecule has 0 radical (unpaired) electrons. The summed E-state index contributed by atoms with van der Waals surface area (Å²) >= 11 is 0. The van der Waals surface area contributed by atoms with Crippen LogP contribution in [0.1, 0.15) is 110 Å². The van der Waals surface area contributed by atoms with Gasteiger partial charge in [-0.2, -0.15) is 0 Å². The Morgan fingerprint density at radius 3 is 1.36 bits per heavy atom. The SMILES string of the molecule is CCCCCCCCCCCCCCCCCC[N+](CCO)(CCO)CC(O)CS(=O)(=O)[O-]. The zero-order chi connectivity index (χ0) is 24.8. The molecule has 1 unspecified atom stereocenters. The lowest BCUT2D eigenvalue weighted by atomic mass is 10.0. The minimum atomic E-state index is -4.51. The van der Waals surface area contributed by atoms with Crippen LogP contribution in [0, 0.1) is 0 Å². The van der Waals surface area contributed by atoms with Crippen LogP contribution in [-0.2, 0) is 10.1 Å². The van der Waals surface area contributed by atoms with Crippen molar-refractivity contribution in [3.8, 4) is 0 Å². The van der Waals surface area contributed by atoms with E-state index in [-0.39, 0.29) is 24.2 Å². The molecule has 7 nitrogen and oxygen atoms in total. The summed E-state index contributed by atoms with van der Waals surface area (Å²) in [6.45, 7) is 3.39. The summed E-state index contributed by atoms with van der Waals surface area (Å²) in [5, 5.41) is 29.0. The Kier molecular flexibility index (Phi) is 20.9. The maximum atomic E-state index is 10.9. The van der Waals surface area contributed by atoms with Gasteiger partial charge >= 0.3 is 0 Å². The first-order chi connectivity index (χ1) is 15.8. The summed E-state index contributed by atoms with van der Waals surface area (Å²) in [6.07, 6.45) is 19.2. The van der Waals surface area contributed by atoms with Crippen molar-refractivity contribution in [2.75, 3.05) is 45.1 Å². The van der Waals surface area contributed by atoms with Gasteiger partial charge in [-0.25, -0.2) is 8.42 Å². The Labute approximate surface area is 203 Å². The van der Waals surface area contributed by atoms with Crippen molar-refractivity contribution in [1.29, 1.82) is 0 Å². The van der Waals surface area contributed by atoms with Crippen molar-refractivity contribution >= 4 is 10.1 Å². The fourth-order valence-corrected chi connectivity index (χ4v) is 5.34. The zero-order valence-corrected chi connectivity index (χ0v) is 22.1. The quantitative estimate of drug-likeness (QED) is 0.100. The molecular weight excluding hydrogens is 442 g/mol. The molecule has 0 spiro atoms. The van der Waals surface area contributed by atoms with Crippen molar-refractivity contribution in [3.05, 3.63) is 0 Å². The van der Waals surface area contributed by atoms with Crippen LogP contribution in [0.15, 0.2) is 0 Å². The second-order valence-corrected chi connectivity index (χ2v) is 11.3. The number of hydrogen-bond acceptors (Lipinski definition) is 6. The number of aliphatic hydroxyl groups is 3. The van der Waals surface area contributed by atoms with E-state index in [0.717, 1.165) is 19.3 Å². The van der Waals surface area contributed by atoms with Crippen LogP contribution in [0.25, 0.3) is 0 Å². The van der Waals surface area contributed by atoms with Crippen LogP contribution in [0.2, 0.25) is 0 Å². The van der Waals surface area contributed by atoms with E-state index in [1.807, 2.05) is 0 Å². The molecule has 8 heteroatoms. The highest BCUT2D eigenvalue weighted by Gasteiger charge is 2.30. The molecule has 0 aliphatic rings. The van der Waals surface area contributed by atoms with Gasteiger partial charge in [-0.1, -0.05) is 96.8 Å². The second-order valence-electron chi connectivity index (χ2n) is 9.82. The number of unbranched alkanes of at least 4 members (excludes halogenated alkanes) is 15. The Bertz CT molecular complexity index is 523. The van der Waals surface area contributed by atoms with Crippen molar-refractivity contribution < 1.29 is 32.8 Å². The lowest BCUT2D eigenvalue weighted by molar-refractivity contribution is -0.931. The molecule has 0 aromatic rings. The van der Waals surface area contributed by atoms with Crippen molar-refractivity contribution in [3.63, 3.8) is 0 Å². The van der Waals surface area contributed by atoms with Crippen LogP contribution in [-0.4, -0.2) is 84.0 Å². The number of rotatable bonds is 25. The third-order valence-electron chi connectivity index (χ3n) is 6.63. The fraction of sp³-hybridized carbons (Fsp3) is 1.00. The van der Waals surface area contributed by atoms with Crippen LogP contribution in [0.5, 0.6) is 0 Å². The molecule has 0 bridgehead atoms. The highest BCUT2D eigenvalue weighted by molar-refractivity contribution is 7.85. The number of nitrogens with zero attached hydrogens (tertiary/aromatic N) is 1. The molecule has 0 aliphatic heterocycles. The molecule has 0 saturated heterocycles. The summed E-state index contributed by atoms with van der Waals surface area (Å²) in [4.78, 5) is 0. The summed E-state index contributed by atoms with van der Waals surface area (Å²) in [7, 11) is -4.51. The van der Waals surface area contributed by atoms with Gasteiger partial charge in [-0.15, -0.1) is 0 Å². The van der Waals surface area contributed by atoms with E-state index >= 15 is 0 Å². The number of hydrogen-bond donors (Lipinski definition) is 3. The molecule has 0 aliphatic carbocycles. The van der Waals surface area contributed by atoms with Gasteiger partial charge in [-0.05, 0) is 12.8 Å². The van der Waals surface area contributed by atoms with Gasteiger partial charge in [0.15, 0.2) is 0 Å². The summed E-state index contributed by atoms with van der Waals surface area (Å²) in [5.74, 6) is -0.831. The van der Waals surface area contributed by atoms with E-state index in [4.69, 9.17) is 0 Å². The van der Waals surface area contributed by atoms with E-state index < -0.39 is 22.0 Å². The fourth-order valence-electron chi connectivity index (χ4n) is 4.76. The average molecular weight is 496 g/mol. The Morgan fingerprint density at radius 2 is 1.03 bits per heavy atom. The van der Waals surface area contributed by atoms with Gasteiger partial charge in [0.1, 0.15) is 25.7 Å². The molecule has 0 aromatic carbocycles. The van der Waals surface area contributed by atoms with E-state index in [0.29, 0.717) is 19.6 Å². The monoisotopic (exact) mass is 495 g/mol. The molecule has 3 N–H and O–H groups in total. The summed E-state index contributed by atoms with van der Waals surface area (Å²) < 4.78 is 33.1. The molecule has 200 valence electrons. The summed E-state index contributed by atoms with van der Waals surface area (Å²) in [5.41, 5.74) is 0. The van der Waals surface area contributed by atoms with Gasteiger partial charge in [0, 0.05) is 0 Å². The normalized spacial score (nSPS) is 13.5. The predicted molar refractivity (Wildman–Crippen MR) is 134 cm³/mol. The molecule has 0 fully saturated rings. The highest BCUT2D eigenvalue weighted by atomic mass is 32.2. The van der Waals surface area contributed by atoms with E-state index in [1.165, 1.54) is 83.5 Å². The highest BCUT2D eigenvalue weighted by Crippen LogP contribution is 2.16. The largest absolute Gasteiger partial charge is 0.748 e. The van der Waals surface area contributed by atoms with Gasteiger partial charge in [0.25, 0.3) is 0 Å². The number of aliphatic hydroxyl groups excluding tert-OH is 3. The van der Waals surface area contributed by atoms with Crippen molar-refractivity contribution in [1.82, 2.24) is 0 Å². The third kappa shape index (κ3) is 20.8. The predicted octanol–water partition coefficient (Wildman–Crippen LogP) is 3.96. The van der Waals surface area contributed by atoms with Crippen molar-refractivity contribution in [2.24, 2.45) is 0 Å². The minimum absolute atomic E-state index is 0.0569. The Morgan fingerprint density at radius 1 is 0.667 bits per heavy atom. The maximum absolute atomic E-state index is 10.9. The Balaban J connectivity index is 3.91. The summed E-state index contributed by atoms with van der Waals surface area (Å²) in [6, 6.07) is 0. The zero-order valence-electron chi connectivity index (χ0n) is 21.3. The molecule has 0 rings (SSSR count). The van der Waals surface area contributed by atoms with Crippen molar-refractivity contribution in [2.45, 2.75) is 116 Å². The van der Waals surface area contributed by atoms with Gasteiger partial charge in [0.2, 0.25) is 0 Å². The maximum Gasteiger partial charge on any atom is 0.116 e. The minimum Gasteiger partial charge on any atom is -0.748 e. The first-order valence-electron chi connectivity index (χ1n) is 13.5. The van der Waals surface area contributed by atoms with Gasteiger partial charge in [-0.3, -0.25) is 0 Å². The Hall–Kier alpha value is -0.250. The van der Waals surface area contributed by atoms with Crippen LogP contribution in [0.3, 0.4) is 0 Å². The topological polar surface area (TPSA) is 118 Å². The average Bonchev–Trinajstić information content (AvgIpc) is 2.72. The molecule has 0 heterocycles. The van der Waals surface area contributed by atoms with Gasteiger partial charge < -0.3 is 24.4 Å². The van der Waals surface area contributed by atoms with Gasteiger partial charge in [0.05, 0.1) is 35.6 Å². The lowest BCUT2D eigenvalue weighted by Gasteiger charge is -2.39. The van der Waals surface area contributed by atoms with Crippen LogP contribution in [0.4, 0.5) is 0 Å². The number of quaternary nitrogens is 1. The van der Waals surface area contributed by atoms with Crippen LogP contribution >= 0.6 is 0 Å². The molecule has 0 saturated carbocycles. The smallest absolute Gasteiger partial charge is 0.116 e. The van der Waals surface area contributed by atoms with Crippen LogP contribution < -0.4 is 0 Å². The standard InChI is InChI=1S/C25H53NO6S/c1-2-3-4-5-6-7-8-9-10-11-12-13-14-15-16-17-18-26(19-21-27,20-22-28)23-25(29)24-33(30,31)32/h25,27-29H,2-24H2,1H3. The molecule has 0 amide bonds. The third-order valence-corrected chi connectivity index (χ3v) is 7.42. The lowest BCUT2D eigenvalue weighted by Crippen LogP contribution is -2.56. The van der Waals surface area contributed by atoms with E-state index in [9.17, 15) is 28.3 Å². The first-order valence-corrected chi connectivity index (χ1v) is 15.0. The first kappa shape index (κ1) is 32.8. The molecule has 0 aromatic heterocycles. The van der Waals surface area contributed by atoms with E-state index in [1.54, 1.807) is 0 Å². The molecule has 1 atom stereocenters. The molecule has 33 heavy (non-hydrogen) atoms. The molecular formula is C25H53NO6S. The van der Waals surface area contributed by atoms with E-state index in [2.05, 4.69) is 6.92 Å².